The van der Waals surface area contributed by atoms with Gasteiger partial charge in [-0.2, -0.15) is 5.10 Å². The lowest BCUT2D eigenvalue weighted by Crippen LogP contribution is -2.40. The SMILES string of the molecule is COc1ccc(CCCCC(=O)N2CCC[C@H](n3cccn3)C2)cc1. The molecule has 0 N–H and O–H groups in total. The van der Waals surface area contributed by atoms with Gasteiger partial charge in [0.15, 0.2) is 0 Å². The van der Waals surface area contributed by atoms with Gasteiger partial charge in [-0.1, -0.05) is 12.1 Å². The van der Waals surface area contributed by atoms with Crippen LogP contribution in [0.4, 0.5) is 0 Å². The molecule has 1 aliphatic rings. The topological polar surface area (TPSA) is 47.4 Å². The van der Waals surface area contributed by atoms with E-state index in [0.29, 0.717) is 12.5 Å². The summed E-state index contributed by atoms with van der Waals surface area (Å²) < 4.78 is 7.16. The fourth-order valence-corrected chi connectivity index (χ4v) is 3.45. The van der Waals surface area contributed by atoms with Gasteiger partial charge in [0.1, 0.15) is 5.75 Å². The Bertz CT molecular complexity index is 652. The summed E-state index contributed by atoms with van der Waals surface area (Å²) in [5, 5.41) is 4.32. The molecule has 1 aromatic carbocycles. The van der Waals surface area contributed by atoms with Crippen LogP contribution in [-0.2, 0) is 11.2 Å². The number of piperidine rings is 1. The minimum atomic E-state index is 0.284. The lowest BCUT2D eigenvalue weighted by atomic mass is 10.0. The smallest absolute Gasteiger partial charge is 0.222 e. The van der Waals surface area contributed by atoms with Crippen molar-refractivity contribution in [2.75, 3.05) is 20.2 Å². The van der Waals surface area contributed by atoms with E-state index in [2.05, 4.69) is 17.2 Å². The molecule has 5 nitrogen and oxygen atoms in total. The van der Waals surface area contributed by atoms with Crippen LogP contribution in [-0.4, -0.2) is 40.8 Å². The van der Waals surface area contributed by atoms with Gasteiger partial charge in [-0.25, -0.2) is 0 Å². The number of nitrogens with zero attached hydrogens (tertiary/aromatic N) is 3. The fourth-order valence-electron chi connectivity index (χ4n) is 3.45. The largest absolute Gasteiger partial charge is 0.497 e. The molecule has 0 bridgehead atoms. The number of amides is 1. The number of hydrogen-bond acceptors (Lipinski definition) is 3. The number of carbonyl (C=O) groups is 1. The zero-order valence-corrected chi connectivity index (χ0v) is 14.9. The Labute approximate surface area is 149 Å². The van der Waals surface area contributed by atoms with Crippen LogP contribution >= 0.6 is 0 Å². The van der Waals surface area contributed by atoms with Crippen LogP contribution < -0.4 is 4.74 Å². The number of aromatic nitrogens is 2. The summed E-state index contributed by atoms with van der Waals surface area (Å²) in [6, 6.07) is 10.4. The maximum absolute atomic E-state index is 12.5. The van der Waals surface area contributed by atoms with Crippen LogP contribution in [0.2, 0.25) is 0 Å². The monoisotopic (exact) mass is 341 g/mol. The third-order valence-electron chi connectivity index (χ3n) is 4.91. The Hall–Kier alpha value is -2.30. The first-order chi connectivity index (χ1) is 12.3. The summed E-state index contributed by atoms with van der Waals surface area (Å²) in [5.41, 5.74) is 1.30. The number of benzene rings is 1. The van der Waals surface area contributed by atoms with E-state index in [-0.39, 0.29) is 5.91 Å². The van der Waals surface area contributed by atoms with Gasteiger partial charge in [-0.15, -0.1) is 0 Å². The standard InChI is InChI=1S/C20H27N3O2/c1-25-19-11-9-17(10-12-19)6-2-3-8-20(24)22-14-4-7-18(16-22)23-15-5-13-21-23/h5,9-13,15,18H,2-4,6-8,14,16H2,1H3/t18-/m0/s1. The van der Waals surface area contributed by atoms with Gasteiger partial charge >= 0.3 is 0 Å². The van der Waals surface area contributed by atoms with E-state index in [1.807, 2.05) is 34.0 Å². The van der Waals surface area contributed by atoms with Crippen LogP contribution in [0.15, 0.2) is 42.7 Å². The molecule has 0 unspecified atom stereocenters. The predicted octanol–water partition coefficient (Wildman–Crippen LogP) is 3.47. The highest BCUT2D eigenvalue weighted by Gasteiger charge is 2.24. The fraction of sp³-hybridized carbons (Fsp3) is 0.500. The molecule has 1 saturated heterocycles. The lowest BCUT2D eigenvalue weighted by Gasteiger charge is -2.33. The maximum atomic E-state index is 12.5. The van der Waals surface area contributed by atoms with Crippen LogP contribution in [0.3, 0.4) is 0 Å². The molecule has 134 valence electrons. The Balaban J connectivity index is 1.39. The third-order valence-corrected chi connectivity index (χ3v) is 4.91. The van der Waals surface area contributed by atoms with Gasteiger partial charge in [-0.05, 0) is 55.9 Å². The van der Waals surface area contributed by atoms with Gasteiger partial charge in [-0.3, -0.25) is 9.48 Å². The first-order valence-corrected chi connectivity index (χ1v) is 9.16. The highest BCUT2D eigenvalue weighted by molar-refractivity contribution is 5.76. The molecular formula is C20H27N3O2. The summed E-state index contributed by atoms with van der Waals surface area (Å²) in [5.74, 6) is 1.17. The summed E-state index contributed by atoms with van der Waals surface area (Å²) in [7, 11) is 1.68. The number of aryl methyl sites for hydroxylation is 1. The molecule has 0 saturated carbocycles. The second kappa shape index (κ2) is 8.70. The second-order valence-corrected chi connectivity index (χ2v) is 6.68. The summed E-state index contributed by atoms with van der Waals surface area (Å²) >= 11 is 0. The number of rotatable bonds is 7. The number of carbonyl (C=O) groups excluding carboxylic acids is 1. The molecule has 0 radical (unpaired) electrons. The Morgan fingerprint density at radius 1 is 1.28 bits per heavy atom. The van der Waals surface area contributed by atoms with Crippen molar-refractivity contribution in [3.63, 3.8) is 0 Å². The van der Waals surface area contributed by atoms with E-state index < -0.39 is 0 Å². The van der Waals surface area contributed by atoms with Crippen molar-refractivity contribution < 1.29 is 9.53 Å². The zero-order valence-electron chi connectivity index (χ0n) is 14.9. The van der Waals surface area contributed by atoms with E-state index in [0.717, 1.165) is 50.9 Å². The number of likely N-dealkylation sites (tertiary alicyclic amines) is 1. The van der Waals surface area contributed by atoms with Crippen molar-refractivity contribution in [3.05, 3.63) is 48.3 Å². The van der Waals surface area contributed by atoms with Crippen molar-refractivity contribution in [1.82, 2.24) is 14.7 Å². The predicted molar refractivity (Wildman–Crippen MR) is 97.6 cm³/mol. The van der Waals surface area contributed by atoms with E-state index in [4.69, 9.17) is 4.74 Å². The molecule has 1 fully saturated rings. The van der Waals surface area contributed by atoms with E-state index in [9.17, 15) is 4.79 Å². The van der Waals surface area contributed by atoms with Gasteiger partial charge in [0.2, 0.25) is 5.91 Å². The molecule has 1 atom stereocenters. The van der Waals surface area contributed by atoms with Crippen LogP contribution in [0.5, 0.6) is 5.75 Å². The molecule has 0 spiro atoms. The molecule has 2 aromatic rings. The van der Waals surface area contributed by atoms with Crippen LogP contribution in [0.1, 0.15) is 43.7 Å². The molecule has 1 aliphatic heterocycles. The highest BCUT2D eigenvalue weighted by Crippen LogP contribution is 2.21. The minimum Gasteiger partial charge on any atom is -0.497 e. The maximum Gasteiger partial charge on any atom is 0.222 e. The number of ether oxygens (including phenoxy) is 1. The second-order valence-electron chi connectivity index (χ2n) is 6.68. The first-order valence-electron chi connectivity index (χ1n) is 9.16. The number of unbranched alkanes of at least 4 members (excludes halogenated alkanes) is 1. The van der Waals surface area contributed by atoms with Gasteiger partial charge in [0, 0.05) is 31.9 Å². The van der Waals surface area contributed by atoms with Crippen molar-refractivity contribution in [3.8, 4) is 5.75 Å². The molecule has 25 heavy (non-hydrogen) atoms. The average Bonchev–Trinajstić information content (AvgIpc) is 3.20. The summed E-state index contributed by atoms with van der Waals surface area (Å²) in [6.07, 6.45) is 9.58. The third kappa shape index (κ3) is 4.84. The molecule has 1 aromatic heterocycles. The first kappa shape index (κ1) is 17.5. The Kier molecular flexibility index (Phi) is 6.09. The number of methoxy groups -OCH3 is 1. The van der Waals surface area contributed by atoms with Crippen molar-refractivity contribution in [2.45, 2.75) is 44.6 Å². The Morgan fingerprint density at radius 2 is 2.12 bits per heavy atom. The Morgan fingerprint density at radius 3 is 2.84 bits per heavy atom. The zero-order chi connectivity index (χ0) is 17.5. The van der Waals surface area contributed by atoms with Crippen LogP contribution in [0, 0.1) is 0 Å². The van der Waals surface area contributed by atoms with E-state index >= 15 is 0 Å². The average molecular weight is 341 g/mol. The highest BCUT2D eigenvalue weighted by atomic mass is 16.5. The minimum absolute atomic E-state index is 0.284. The quantitative estimate of drug-likeness (QED) is 0.725. The van der Waals surface area contributed by atoms with E-state index in [1.54, 1.807) is 13.3 Å². The molecule has 3 rings (SSSR count). The van der Waals surface area contributed by atoms with Crippen LogP contribution in [0.25, 0.3) is 0 Å². The molecule has 5 heteroatoms. The summed E-state index contributed by atoms with van der Waals surface area (Å²) in [6.45, 7) is 1.67. The van der Waals surface area contributed by atoms with Gasteiger partial charge < -0.3 is 9.64 Å². The molecular weight excluding hydrogens is 314 g/mol. The van der Waals surface area contributed by atoms with Crippen molar-refractivity contribution in [1.29, 1.82) is 0 Å². The summed E-state index contributed by atoms with van der Waals surface area (Å²) in [4.78, 5) is 14.5. The van der Waals surface area contributed by atoms with Crippen molar-refractivity contribution in [2.24, 2.45) is 0 Å². The molecule has 0 aliphatic carbocycles. The van der Waals surface area contributed by atoms with Crippen molar-refractivity contribution >= 4 is 5.91 Å². The number of hydrogen-bond donors (Lipinski definition) is 0. The van der Waals surface area contributed by atoms with Gasteiger partial charge in [0.05, 0.1) is 13.2 Å². The van der Waals surface area contributed by atoms with E-state index in [1.165, 1.54) is 5.56 Å². The lowest BCUT2D eigenvalue weighted by molar-refractivity contribution is -0.133. The normalized spacial score (nSPS) is 17.5. The molecule has 2 heterocycles. The van der Waals surface area contributed by atoms with Gasteiger partial charge in [0.25, 0.3) is 0 Å². The molecule has 1 amide bonds.